The monoisotopic (exact) mass is 412 g/mol. The molecular formula is C19H13ClN4O3S. The molecule has 2 aromatic heterocycles. The number of hydrogen-bond donors (Lipinski definition) is 0. The van der Waals surface area contributed by atoms with Gasteiger partial charge in [-0.2, -0.15) is 0 Å². The lowest BCUT2D eigenvalue weighted by atomic mass is 10.1. The summed E-state index contributed by atoms with van der Waals surface area (Å²) in [4.78, 5) is 21.1. The van der Waals surface area contributed by atoms with Gasteiger partial charge in [-0.3, -0.25) is 14.5 Å². The Balaban J connectivity index is 1.53. The Hall–Kier alpha value is -3.23. The average Bonchev–Trinajstić information content (AvgIpc) is 3.28. The van der Waals surface area contributed by atoms with Crippen LogP contribution in [-0.2, 0) is 11.4 Å². The number of fused-ring (bicyclic) bond motifs is 1. The number of benzene rings is 2. The second-order valence-electron chi connectivity index (χ2n) is 5.84. The zero-order valence-corrected chi connectivity index (χ0v) is 15.9. The van der Waals surface area contributed by atoms with Gasteiger partial charge < -0.3 is 4.84 Å². The van der Waals surface area contributed by atoms with E-state index in [-0.39, 0.29) is 12.3 Å². The molecule has 0 atom stereocenters. The van der Waals surface area contributed by atoms with Gasteiger partial charge in [0.15, 0.2) is 4.96 Å². The molecule has 0 spiro atoms. The summed E-state index contributed by atoms with van der Waals surface area (Å²) in [6.07, 6.45) is 3.53. The predicted molar refractivity (Wildman–Crippen MR) is 109 cm³/mol. The minimum Gasteiger partial charge on any atom is -0.391 e. The van der Waals surface area contributed by atoms with Crippen molar-refractivity contribution < 1.29 is 9.76 Å². The van der Waals surface area contributed by atoms with Gasteiger partial charge in [-0.15, -0.1) is 11.3 Å². The number of aromatic nitrogens is 2. The van der Waals surface area contributed by atoms with Crippen LogP contribution in [0, 0.1) is 10.1 Å². The van der Waals surface area contributed by atoms with Gasteiger partial charge >= 0.3 is 0 Å². The molecule has 2 heterocycles. The summed E-state index contributed by atoms with van der Waals surface area (Å²) in [5.74, 6) is 0. The van der Waals surface area contributed by atoms with Crippen LogP contribution in [0.25, 0.3) is 16.2 Å². The van der Waals surface area contributed by atoms with Crippen LogP contribution in [0.1, 0.15) is 11.3 Å². The van der Waals surface area contributed by atoms with E-state index in [1.165, 1.54) is 23.5 Å². The Labute approximate surface area is 168 Å². The molecule has 0 aliphatic rings. The van der Waals surface area contributed by atoms with Crippen LogP contribution in [-0.4, -0.2) is 20.5 Å². The first kappa shape index (κ1) is 18.1. The third-order valence-corrected chi connectivity index (χ3v) is 5.05. The van der Waals surface area contributed by atoms with E-state index in [0.717, 1.165) is 27.5 Å². The molecule has 0 saturated heterocycles. The highest BCUT2D eigenvalue weighted by molar-refractivity contribution is 7.15. The first-order chi connectivity index (χ1) is 13.6. The molecule has 7 nitrogen and oxygen atoms in total. The molecule has 0 N–H and O–H groups in total. The van der Waals surface area contributed by atoms with Crippen molar-refractivity contribution in [2.24, 2.45) is 5.16 Å². The van der Waals surface area contributed by atoms with Gasteiger partial charge in [-0.05, 0) is 29.8 Å². The molecule has 9 heteroatoms. The zero-order chi connectivity index (χ0) is 19.5. The average molecular weight is 413 g/mol. The van der Waals surface area contributed by atoms with Crippen LogP contribution < -0.4 is 0 Å². The number of nitro benzene ring substituents is 1. The number of oxime groups is 1. The van der Waals surface area contributed by atoms with Gasteiger partial charge in [0.25, 0.3) is 5.69 Å². The summed E-state index contributed by atoms with van der Waals surface area (Å²) in [6, 6.07) is 13.6. The Morgan fingerprint density at radius 2 is 1.96 bits per heavy atom. The summed E-state index contributed by atoms with van der Waals surface area (Å²) >= 11 is 7.51. The van der Waals surface area contributed by atoms with Crippen molar-refractivity contribution in [2.75, 3.05) is 0 Å². The Kier molecular flexibility index (Phi) is 5.05. The minimum absolute atomic E-state index is 0.0407. The second kappa shape index (κ2) is 7.79. The van der Waals surface area contributed by atoms with E-state index in [9.17, 15) is 10.1 Å². The lowest BCUT2D eigenvalue weighted by molar-refractivity contribution is -0.384. The van der Waals surface area contributed by atoms with Crippen LogP contribution >= 0.6 is 22.9 Å². The van der Waals surface area contributed by atoms with Crippen LogP contribution in [0.15, 0.2) is 65.3 Å². The number of hydrogen-bond acceptors (Lipinski definition) is 6. The molecule has 0 unspecified atom stereocenters. The van der Waals surface area contributed by atoms with Crippen molar-refractivity contribution in [3.8, 4) is 11.3 Å². The largest absolute Gasteiger partial charge is 0.391 e. The highest BCUT2D eigenvalue weighted by atomic mass is 35.5. The summed E-state index contributed by atoms with van der Waals surface area (Å²) in [5, 5.41) is 17.4. The smallest absolute Gasteiger partial charge is 0.269 e. The third-order valence-electron chi connectivity index (χ3n) is 4.04. The van der Waals surface area contributed by atoms with Gasteiger partial charge in [0.05, 0.1) is 22.5 Å². The van der Waals surface area contributed by atoms with E-state index < -0.39 is 4.92 Å². The molecule has 28 heavy (non-hydrogen) atoms. The fourth-order valence-corrected chi connectivity index (χ4v) is 3.51. The van der Waals surface area contributed by atoms with Crippen LogP contribution in [0.4, 0.5) is 5.69 Å². The molecule has 0 bridgehead atoms. The van der Waals surface area contributed by atoms with Crippen molar-refractivity contribution in [1.82, 2.24) is 9.38 Å². The summed E-state index contributed by atoms with van der Waals surface area (Å²) < 4.78 is 1.94. The van der Waals surface area contributed by atoms with Crippen LogP contribution in [0.5, 0.6) is 0 Å². The minimum atomic E-state index is -0.438. The van der Waals surface area contributed by atoms with Crippen LogP contribution in [0.3, 0.4) is 0 Å². The number of imidazole rings is 1. The highest BCUT2D eigenvalue weighted by Gasteiger charge is 2.13. The van der Waals surface area contributed by atoms with Crippen LogP contribution in [0.2, 0.25) is 5.02 Å². The molecular weight excluding hydrogens is 400 g/mol. The Bertz CT molecular complexity index is 1150. The first-order valence-electron chi connectivity index (χ1n) is 8.22. The maximum atomic E-state index is 10.7. The lowest BCUT2D eigenvalue weighted by Gasteiger charge is -2.01. The van der Waals surface area contributed by atoms with E-state index in [1.54, 1.807) is 18.3 Å². The Morgan fingerprint density at radius 3 is 2.68 bits per heavy atom. The van der Waals surface area contributed by atoms with Gasteiger partial charge in [0.1, 0.15) is 6.61 Å². The number of rotatable bonds is 6. The molecule has 4 aromatic rings. The van der Waals surface area contributed by atoms with E-state index in [1.807, 2.05) is 40.2 Å². The Morgan fingerprint density at radius 1 is 1.21 bits per heavy atom. The van der Waals surface area contributed by atoms with Gasteiger partial charge in [-0.1, -0.05) is 28.9 Å². The standard InChI is InChI=1S/C19H13ClN4O3S/c20-15-5-3-14(4-6-15)18-17(23-9-10-28-19(23)22-18)11-21-27-12-13-1-7-16(8-2-13)24(25)26/h1-11H,12H2/b21-11+. The van der Waals surface area contributed by atoms with Crippen molar-refractivity contribution >= 4 is 39.8 Å². The van der Waals surface area contributed by atoms with Crippen molar-refractivity contribution in [1.29, 1.82) is 0 Å². The third kappa shape index (κ3) is 3.73. The van der Waals surface area contributed by atoms with Gasteiger partial charge in [0, 0.05) is 34.3 Å². The molecule has 0 amide bonds. The second-order valence-corrected chi connectivity index (χ2v) is 7.15. The summed E-state index contributed by atoms with van der Waals surface area (Å²) in [5.41, 5.74) is 3.33. The number of thiazole rings is 1. The van der Waals surface area contributed by atoms with Crippen molar-refractivity contribution in [2.45, 2.75) is 6.61 Å². The number of nitrogens with zero attached hydrogens (tertiary/aromatic N) is 4. The first-order valence-corrected chi connectivity index (χ1v) is 9.48. The highest BCUT2D eigenvalue weighted by Crippen LogP contribution is 2.26. The van der Waals surface area contributed by atoms with Crippen molar-refractivity contribution in [3.05, 3.63) is 86.5 Å². The normalized spacial score (nSPS) is 11.3. The fourth-order valence-electron chi connectivity index (χ4n) is 2.66. The molecule has 0 aliphatic heterocycles. The maximum absolute atomic E-state index is 10.7. The SMILES string of the molecule is O=[N+]([O-])c1ccc(CO/N=C/c2c(-c3ccc(Cl)cc3)nc3sccn23)cc1. The number of nitro groups is 1. The lowest BCUT2D eigenvalue weighted by Crippen LogP contribution is -1.94. The topological polar surface area (TPSA) is 82.0 Å². The number of non-ortho nitro benzene ring substituents is 1. The number of halogens is 1. The molecule has 0 fully saturated rings. The molecule has 140 valence electrons. The zero-order valence-electron chi connectivity index (χ0n) is 14.4. The summed E-state index contributed by atoms with van der Waals surface area (Å²) in [7, 11) is 0. The molecule has 0 saturated carbocycles. The van der Waals surface area contributed by atoms with E-state index >= 15 is 0 Å². The van der Waals surface area contributed by atoms with Crippen molar-refractivity contribution in [3.63, 3.8) is 0 Å². The van der Waals surface area contributed by atoms with E-state index in [4.69, 9.17) is 16.4 Å². The quantitative estimate of drug-likeness (QED) is 0.248. The fraction of sp³-hybridized carbons (Fsp3) is 0.0526. The molecule has 2 aromatic carbocycles. The maximum Gasteiger partial charge on any atom is 0.269 e. The predicted octanol–water partition coefficient (Wildman–Crippen LogP) is 5.18. The molecule has 0 radical (unpaired) electrons. The summed E-state index contributed by atoms with van der Waals surface area (Å²) in [6.45, 7) is 0.205. The molecule has 4 rings (SSSR count). The molecule has 0 aliphatic carbocycles. The van der Waals surface area contributed by atoms with Gasteiger partial charge in [-0.25, -0.2) is 4.98 Å². The van der Waals surface area contributed by atoms with E-state index in [0.29, 0.717) is 5.02 Å². The van der Waals surface area contributed by atoms with Gasteiger partial charge in [0.2, 0.25) is 0 Å². The van der Waals surface area contributed by atoms with E-state index in [2.05, 4.69) is 10.1 Å².